The second-order valence-corrected chi connectivity index (χ2v) is 6.96. The molecule has 1 fully saturated rings. The molecule has 0 saturated carbocycles. The van der Waals surface area contributed by atoms with Gasteiger partial charge < -0.3 is 8.83 Å². The number of likely N-dealkylation sites (tertiary alicyclic amines) is 1. The van der Waals surface area contributed by atoms with Crippen molar-refractivity contribution in [2.45, 2.75) is 39.2 Å². The highest BCUT2D eigenvalue weighted by Crippen LogP contribution is 2.30. The minimum absolute atomic E-state index is 0.607. The Morgan fingerprint density at radius 3 is 2.88 bits per heavy atom. The lowest BCUT2D eigenvalue weighted by Crippen LogP contribution is -2.34. The molecule has 0 amide bonds. The Labute approximate surface area is 148 Å². The molecule has 0 bridgehead atoms. The van der Waals surface area contributed by atoms with Crippen molar-refractivity contribution >= 4 is 0 Å². The van der Waals surface area contributed by atoms with Crippen molar-refractivity contribution in [3.63, 3.8) is 0 Å². The summed E-state index contributed by atoms with van der Waals surface area (Å²) in [5.41, 5.74) is 4.81. The Morgan fingerprint density at radius 1 is 1.20 bits per heavy atom. The predicted octanol–water partition coefficient (Wildman–Crippen LogP) is 4.93. The standard InChI is InChI=1S/C21H24N2O2/c1-15-6-3-4-8-19(15)17-7-5-10-23(12-17)13-20-16(2)25-21(22-20)18-9-11-24-14-18/h3-4,6,8-9,11,14,17H,5,7,10,12-13H2,1-2H3/t17-/m1/s1. The van der Waals surface area contributed by atoms with E-state index < -0.39 is 0 Å². The van der Waals surface area contributed by atoms with Crippen LogP contribution in [0.5, 0.6) is 0 Å². The quantitative estimate of drug-likeness (QED) is 0.677. The molecule has 3 heterocycles. The molecule has 1 saturated heterocycles. The molecule has 4 rings (SSSR count). The van der Waals surface area contributed by atoms with Crippen LogP contribution in [0, 0.1) is 13.8 Å². The maximum Gasteiger partial charge on any atom is 0.229 e. The number of oxazole rings is 1. The summed E-state index contributed by atoms with van der Waals surface area (Å²) in [6.45, 7) is 7.26. The van der Waals surface area contributed by atoms with E-state index in [-0.39, 0.29) is 0 Å². The van der Waals surface area contributed by atoms with E-state index in [2.05, 4.69) is 36.1 Å². The topological polar surface area (TPSA) is 42.4 Å². The third-order valence-corrected chi connectivity index (χ3v) is 5.17. The average molecular weight is 336 g/mol. The van der Waals surface area contributed by atoms with Gasteiger partial charge in [0.2, 0.25) is 5.89 Å². The largest absolute Gasteiger partial charge is 0.472 e. The molecule has 0 unspecified atom stereocenters. The lowest BCUT2D eigenvalue weighted by atomic mass is 9.88. The number of nitrogens with zero attached hydrogens (tertiary/aromatic N) is 2. The molecule has 1 aliphatic heterocycles. The minimum Gasteiger partial charge on any atom is -0.472 e. The fourth-order valence-corrected chi connectivity index (χ4v) is 3.79. The maximum absolute atomic E-state index is 5.83. The van der Waals surface area contributed by atoms with Crippen LogP contribution in [0.2, 0.25) is 0 Å². The van der Waals surface area contributed by atoms with Gasteiger partial charge in [0.25, 0.3) is 0 Å². The van der Waals surface area contributed by atoms with Crippen LogP contribution < -0.4 is 0 Å². The maximum atomic E-state index is 5.83. The SMILES string of the molecule is Cc1ccccc1[C@@H]1CCCN(Cc2nc(-c3ccoc3)oc2C)C1. The van der Waals surface area contributed by atoms with Gasteiger partial charge in [-0.2, -0.15) is 0 Å². The molecule has 4 heteroatoms. The first-order chi connectivity index (χ1) is 12.2. The van der Waals surface area contributed by atoms with Crippen LogP contribution in [0.3, 0.4) is 0 Å². The first kappa shape index (κ1) is 16.2. The monoisotopic (exact) mass is 336 g/mol. The smallest absolute Gasteiger partial charge is 0.229 e. The van der Waals surface area contributed by atoms with Crippen molar-refractivity contribution in [1.82, 2.24) is 9.88 Å². The van der Waals surface area contributed by atoms with Gasteiger partial charge in [0.1, 0.15) is 12.0 Å². The highest BCUT2D eigenvalue weighted by atomic mass is 16.4. The van der Waals surface area contributed by atoms with E-state index in [1.807, 2.05) is 13.0 Å². The van der Waals surface area contributed by atoms with Gasteiger partial charge in [-0.15, -0.1) is 0 Å². The Hall–Kier alpha value is -2.33. The van der Waals surface area contributed by atoms with Crippen LogP contribution in [0.15, 0.2) is 51.7 Å². The molecule has 130 valence electrons. The third kappa shape index (κ3) is 3.40. The molecule has 1 atom stereocenters. The zero-order valence-corrected chi connectivity index (χ0v) is 14.9. The van der Waals surface area contributed by atoms with E-state index in [9.17, 15) is 0 Å². The van der Waals surface area contributed by atoms with Crippen molar-refractivity contribution < 1.29 is 8.83 Å². The van der Waals surface area contributed by atoms with E-state index in [0.29, 0.717) is 11.8 Å². The third-order valence-electron chi connectivity index (χ3n) is 5.17. The number of hydrogen-bond acceptors (Lipinski definition) is 4. The summed E-state index contributed by atoms with van der Waals surface area (Å²) in [7, 11) is 0. The Kier molecular flexibility index (Phi) is 4.45. The molecular formula is C21H24N2O2. The summed E-state index contributed by atoms with van der Waals surface area (Å²) < 4.78 is 11.0. The molecule has 0 radical (unpaired) electrons. The Balaban J connectivity index is 1.49. The van der Waals surface area contributed by atoms with Crippen LogP contribution >= 0.6 is 0 Å². The highest BCUT2D eigenvalue weighted by molar-refractivity contribution is 5.51. The number of rotatable bonds is 4. The molecule has 0 aliphatic carbocycles. The van der Waals surface area contributed by atoms with Crippen molar-refractivity contribution in [1.29, 1.82) is 0 Å². The number of aryl methyl sites for hydroxylation is 2. The summed E-state index contributed by atoms with van der Waals surface area (Å²) in [5.74, 6) is 2.15. The predicted molar refractivity (Wildman–Crippen MR) is 97.4 cm³/mol. The molecule has 4 nitrogen and oxygen atoms in total. The highest BCUT2D eigenvalue weighted by Gasteiger charge is 2.24. The number of aromatic nitrogens is 1. The molecule has 2 aromatic heterocycles. The second kappa shape index (κ2) is 6.89. The molecule has 1 aliphatic rings. The molecule has 25 heavy (non-hydrogen) atoms. The van der Waals surface area contributed by atoms with Gasteiger partial charge in [0, 0.05) is 13.1 Å². The molecule has 0 N–H and O–H groups in total. The van der Waals surface area contributed by atoms with Crippen LogP contribution in [0.4, 0.5) is 0 Å². The van der Waals surface area contributed by atoms with Gasteiger partial charge in [0.15, 0.2) is 0 Å². The molecule has 0 spiro atoms. The van der Waals surface area contributed by atoms with Gasteiger partial charge in [-0.05, 0) is 56.3 Å². The van der Waals surface area contributed by atoms with E-state index in [0.717, 1.165) is 36.7 Å². The van der Waals surface area contributed by atoms with Gasteiger partial charge in [-0.3, -0.25) is 4.90 Å². The number of benzene rings is 1. The summed E-state index contributed by atoms with van der Waals surface area (Å²) >= 11 is 0. The minimum atomic E-state index is 0.607. The van der Waals surface area contributed by atoms with Gasteiger partial charge in [-0.25, -0.2) is 4.98 Å². The van der Waals surface area contributed by atoms with Gasteiger partial charge in [-0.1, -0.05) is 24.3 Å². The van der Waals surface area contributed by atoms with Gasteiger partial charge >= 0.3 is 0 Å². The Morgan fingerprint density at radius 2 is 2.08 bits per heavy atom. The summed E-state index contributed by atoms with van der Waals surface area (Å²) in [6, 6.07) is 10.6. The lowest BCUT2D eigenvalue weighted by Gasteiger charge is -2.33. The van der Waals surface area contributed by atoms with Crippen LogP contribution in [0.1, 0.15) is 41.3 Å². The van der Waals surface area contributed by atoms with E-state index in [1.54, 1.807) is 12.5 Å². The van der Waals surface area contributed by atoms with Gasteiger partial charge in [0.05, 0.1) is 17.5 Å². The van der Waals surface area contributed by atoms with E-state index in [1.165, 1.54) is 24.0 Å². The number of hydrogen-bond donors (Lipinski definition) is 0. The molecular weight excluding hydrogens is 312 g/mol. The lowest BCUT2D eigenvalue weighted by molar-refractivity contribution is 0.197. The molecule has 3 aromatic rings. The Bertz CT molecular complexity index is 835. The van der Waals surface area contributed by atoms with Crippen LogP contribution in [-0.4, -0.2) is 23.0 Å². The summed E-state index contributed by atoms with van der Waals surface area (Å²) in [5, 5.41) is 0. The average Bonchev–Trinajstić information content (AvgIpc) is 3.26. The van der Waals surface area contributed by atoms with Crippen molar-refractivity contribution in [2.24, 2.45) is 0 Å². The zero-order chi connectivity index (χ0) is 17.2. The summed E-state index contributed by atoms with van der Waals surface area (Å²) in [6.07, 6.45) is 5.81. The van der Waals surface area contributed by atoms with Crippen LogP contribution in [0.25, 0.3) is 11.5 Å². The van der Waals surface area contributed by atoms with Crippen molar-refractivity contribution in [3.8, 4) is 11.5 Å². The van der Waals surface area contributed by atoms with E-state index in [4.69, 9.17) is 13.8 Å². The first-order valence-corrected chi connectivity index (χ1v) is 8.97. The second-order valence-electron chi connectivity index (χ2n) is 6.96. The van der Waals surface area contributed by atoms with E-state index >= 15 is 0 Å². The fraction of sp³-hybridized carbons (Fsp3) is 0.381. The molecule has 1 aromatic carbocycles. The van der Waals surface area contributed by atoms with Crippen molar-refractivity contribution in [3.05, 3.63) is 65.4 Å². The van der Waals surface area contributed by atoms with Crippen molar-refractivity contribution in [2.75, 3.05) is 13.1 Å². The first-order valence-electron chi connectivity index (χ1n) is 8.97. The zero-order valence-electron chi connectivity index (χ0n) is 14.9. The fourth-order valence-electron chi connectivity index (χ4n) is 3.79. The van der Waals surface area contributed by atoms with Crippen LogP contribution in [-0.2, 0) is 6.54 Å². The number of piperidine rings is 1. The number of furan rings is 1. The summed E-state index contributed by atoms with van der Waals surface area (Å²) in [4.78, 5) is 7.20. The normalized spacial score (nSPS) is 18.6.